The maximum Gasteiger partial charge on any atom is 0.261 e. The molecule has 0 aliphatic rings. The summed E-state index contributed by atoms with van der Waals surface area (Å²) in [6.07, 6.45) is 0. The number of thiazole rings is 1. The zero-order valence-corrected chi connectivity index (χ0v) is 14.5. The fraction of sp³-hybridized carbons (Fsp3) is 0.0556. The Morgan fingerprint density at radius 2 is 1.96 bits per heavy atom. The van der Waals surface area contributed by atoms with E-state index in [2.05, 4.69) is 15.4 Å². The highest BCUT2D eigenvalue weighted by atomic mass is 32.1. The molecule has 4 rings (SSSR count). The van der Waals surface area contributed by atoms with Gasteiger partial charge in [0.15, 0.2) is 0 Å². The summed E-state index contributed by atoms with van der Waals surface area (Å²) < 4.78 is 19.9. The van der Waals surface area contributed by atoms with Gasteiger partial charge in [0.25, 0.3) is 11.9 Å². The number of benzene rings is 2. The molecule has 2 heterocycles. The third-order valence-electron chi connectivity index (χ3n) is 3.80. The third-order valence-corrected chi connectivity index (χ3v) is 4.61. The number of ether oxygens (including phenoxy) is 1. The van der Waals surface area contributed by atoms with Crippen molar-refractivity contribution in [3.63, 3.8) is 0 Å². The van der Waals surface area contributed by atoms with Gasteiger partial charge in [0, 0.05) is 10.9 Å². The summed E-state index contributed by atoms with van der Waals surface area (Å²) in [6.45, 7) is 0. The summed E-state index contributed by atoms with van der Waals surface area (Å²) in [5.41, 5.74) is 1.98. The van der Waals surface area contributed by atoms with Gasteiger partial charge in [-0.15, -0.1) is 16.4 Å². The number of fused-ring (bicyclic) bond motifs is 1. The molecular weight excluding hydrogens is 355 g/mol. The van der Waals surface area contributed by atoms with Gasteiger partial charge in [0.05, 0.1) is 18.4 Å². The lowest BCUT2D eigenvalue weighted by Gasteiger charge is -2.06. The number of hydrogen-bond acceptors (Lipinski definition) is 5. The molecule has 0 atom stereocenters. The number of carbonyl (C=O) groups excluding carboxylic acids is 1. The Kier molecular flexibility index (Phi) is 4.10. The second-order valence-corrected chi connectivity index (χ2v) is 6.25. The third kappa shape index (κ3) is 2.91. The molecule has 8 heteroatoms. The number of hydrogen-bond donors (Lipinski definition) is 1. The predicted octanol–water partition coefficient (Wildman–Crippen LogP) is 3.86. The van der Waals surface area contributed by atoms with E-state index >= 15 is 0 Å². The van der Waals surface area contributed by atoms with Crippen LogP contribution < -0.4 is 10.1 Å². The number of amides is 1. The molecular formula is C18H13FN4O2S. The molecule has 4 aromatic rings. The van der Waals surface area contributed by atoms with Gasteiger partial charge in [-0.1, -0.05) is 12.1 Å². The Morgan fingerprint density at radius 3 is 2.73 bits per heavy atom. The molecule has 0 aliphatic heterocycles. The number of methoxy groups -OCH3 is 1. The molecule has 0 saturated heterocycles. The predicted molar refractivity (Wildman–Crippen MR) is 97.2 cm³/mol. The fourth-order valence-corrected chi connectivity index (χ4v) is 3.39. The van der Waals surface area contributed by atoms with Crippen LogP contribution in [0.15, 0.2) is 53.9 Å². The fourth-order valence-electron chi connectivity index (χ4n) is 2.55. The molecule has 26 heavy (non-hydrogen) atoms. The average molecular weight is 368 g/mol. The summed E-state index contributed by atoms with van der Waals surface area (Å²) in [5.74, 6) is 0.00162. The molecule has 0 spiro atoms. The maximum atomic E-state index is 13.1. The SMILES string of the molecule is COc1ccccc1C(=O)Nc1nc2scc(-c3ccc(F)cc3)n2n1. The van der Waals surface area contributed by atoms with E-state index in [1.54, 1.807) is 40.9 Å². The first-order chi connectivity index (χ1) is 12.7. The zero-order chi connectivity index (χ0) is 18.1. The normalized spacial score (nSPS) is 10.8. The molecule has 130 valence electrons. The lowest BCUT2D eigenvalue weighted by atomic mass is 10.2. The Labute approximate surface area is 151 Å². The molecule has 1 N–H and O–H groups in total. The quantitative estimate of drug-likeness (QED) is 0.594. The van der Waals surface area contributed by atoms with E-state index in [0.29, 0.717) is 16.3 Å². The number of rotatable bonds is 4. The van der Waals surface area contributed by atoms with Crippen LogP contribution >= 0.6 is 11.3 Å². The summed E-state index contributed by atoms with van der Waals surface area (Å²) in [6, 6.07) is 13.0. The first kappa shape index (κ1) is 16.2. The number of carbonyl (C=O) groups is 1. The molecule has 0 saturated carbocycles. The van der Waals surface area contributed by atoms with Crippen molar-refractivity contribution < 1.29 is 13.9 Å². The minimum atomic E-state index is -0.357. The second kappa shape index (κ2) is 6.57. The maximum absolute atomic E-state index is 13.1. The summed E-state index contributed by atoms with van der Waals surface area (Å²) >= 11 is 1.38. The summed E-state index contributed by atoms with van der Waals surface area (Å²) in [5, 5.41) is 8.91. The second-order valence-electron chi connectivity index (χ2n) is 5.41. The monoisotopic (exact) mass is 368 g/mol. The Balaban J connectivity index is 1.64. The van der Waals surface area contributed by atoms with Crippen LogP contribution in [0.4, 0.5) is 10.3 Å². The van der Waals surface area contributed by atoms with Crippen molar-refractivity contribution in [2.24, 2.45) is 0 Å². The lowest BCUT2D eigenvalue weighted by molar-refractivity contribution is 0.102. The molecule has 2 aromatic carbocycles. The molecule has 2 aromatic heterocycles. The van der Waals surface area contributed by atoms with Crippen LogP contribution in [0.3, 0.4) is 0 Å². The minimum absolute atomic E-state index is 0.191. The molecule has 1 amide bonds. The number of anilines is 1. The number of nitrogens with zero attached hydrogens (tertiary/aromatic N) is 3. The smallest absolute Gasteiger partial charge is 0.261 e. The van der Waals surface area contributed by atoms with Crippen molar-refractivity contribution in [1.29, 1.82) is 0 Å². The van der Waals surface area contributed by atoms with Gasteiger partial charge in [-0.3, -0.25) is 10.1 Å². The number of para-hydroxylation sites is 1. The van der Waals surface area contributed by atoms with Crippen LogP contribution in [0.5, 0.6) is 5.75 Å². The summed E-state index contributed by atoms with van der Waals surface area (Å²) in [4.78, 5) is 17.4. The highest BCUT2D eigenvalue weighted by Gasteiger charge is 2.16. The molecule has 0 fully saturated rings. The van der Waals surface area contributed by atoms with Crippen molar-refractivity contribution in [3.8, 4) is 17.0 Å². The van der Waals surface area contributed by atoms with Crippen molar-refractivity contribution in [2.45, 2.75) is 0 Å². The van der Waals surface area contributed by atoms with E-state index < -0.39 is 0 Å². The van der Waals surface area contributed by atoms with Crippen LogP contribution in [-0.2, 0) is 0 Å². The van der Waals surface area contributed by atoms with E-state index in [1.165, 1.54) is 30.6 Å². The van der Waals surface area contributed by atoms with Crippen molar-refractivity contribution >= 4 is 28.2 Å². The van der Waals surface area contributed by atoms with Crippen molar-refractivity contribution in [3.05, 3.63) is 65.3 Å². The van der Waals surface area contributed by atoms with Crippen LogP contribution in [0.1, 0.15) is 10.4 Å². The standard InChI is InChI=1S/C18H13FN4O2S/c1-25-15-5-3-2-4-13(15)16(24)20-17-21-18-23(22-17)14(10-26-18)11-6-8-12(19)9-7-11/h2-10H,1H3,(H,20,22,24). The molecule has 0 bridgehead atoms. The van der Waals surface area contributed by atoms with E-state index in [1.807, 2.05) is 5.38 Å². The van der Waals surface area contributed by atoms with Gasteiger partial charge in [0.2, 0.25) is 4.96 Å². The lowest BCUT2D eigenvalue weighted by Crippen LogP contribution is -2.14. The van der Waals surface area contributed by atoms with Crippen LogP contribution in [0.2, 0.25) is 0 Å². The van der Waals surface area contributed by atoms with E-state index in [-0.39, 0.29) is 17.7 Å². The highest BCUT2D eigenvalue weighted by molar-refractivity contribution is 7.15. The number of nitrogens with one attached hydrogen (secondary N) is 1. The van der Waals surface area contributed by atoms with Crippen molar-refractivity contribution in [1.82, 2.24) is 14.6 Å². The molecule has 0 radical (unpaired) electrons. The Hall–Kier alpha value is -3.26. The molecule has 0 unspecified atom stereocenters. The average Bonchev–Trinajstić information content (AvgIpc) is 3.22. The van der Waals surface area contributed by atoms with E-state index in [9.17, 15) is 9.18 Å². The summed E-state index contributed by atoms with van der Waals surface area (Å²) in [7, 11) is 1.51. The van der Waals surface area contributed by atoms with Gasteiger partial charge in [-0.05, 0) is 36.4 Å². The van der Waals surface area contributed by atoms with Gasteiger partial charge in [0.1, 0.15) is 11.6 Å². The van der Waals surface area contributed by atoms with Crippen LogP contribution in [0, 0.1) is 5.82 Å². The van der Waals surface area contributed by atoms with Gasteiger partial charge in [-0.25, -0.2) is 8.91 Å². The van der Waals surface area contributed by atoms with Gasteiger partial charge in [-0.2, -0.15) is 4.98 Å². The highest BCUT2D eigenvalue weighted by Crippen LogP contribution is 2.26. The molecule has 0 aliphatic carbocycles. The van der Waals surface area contributed by atoms with Crippen LogP contribution in [0.25, 0.3) is 16.2 Å². The van der Waals surface area contributed by atoms with E-state index in [0.717, 1.165) is 11.3 Å². The number of halogens is 1. The Bertz CT molecular complexity index is 1090. The van der Waals surface area contributed by atoms with Crippen molar-refractivity contribution in [2.75, 3.05) is 12.4 Å². The topological polar surface area (TPSA) is 68.5 Å². The van der Waals surface area contributed by atoms with Gasteiger partial charge < -0.3 is 4.74 Å². The van der Waals surface area contributed by atoms with E-state index in [4.69, 9.17) is 4.74 Å². The Morgan fingerprint density at radius 1 is 1.19 bits per heavy atom. The minimum Gasteiger partial charge on any atom is -0.496 e. The van der Waals surface area contributed by atoms with Crippen LogP contribution in [-0.4, -0.2) is 27.6 Å². The largest absolute Gasteiger partial charge is 0.496 e. The molecule has 6 nitrogen and oxygen atoms in total. The first-order valence-electron chi connectivity index (χ1n) is 7.70. The first-order valence-corrected chi connectivity index (χ1v) is 8.58. The number of aromatic nitrogens is 3. The zero-order valence-electron chi connectivity index (χ0n) is 13.6. The van der Waals surface area contributed by atoms with Gasteiger partial charge >= 0.3 is 0 Å².